The van der Waals surface area contributed by atoms with Crippen molar-refractivity contribution >= 4 is 16.5 Å². The van der Waals surface area contributed by atoms with Gasteiger partial charge in [0, 0.05) is 17.1 Å². The number of benzene rings is 2. The number of hydrogen-bond acceptors (Lipinski definition) is 4. The minimum Gasteiger partial charge on any atom is -0.497 e. The van der Waals surface area contributed by atoms with Crippen molar-refractivity contribution in [3.05, 3.63) is 64.6 Å². The van der Waals surface area contributed by atoms with Crippen LogP contribution in [0.3, 0.4) is 0 Å². The predicted molar refractivity (Wildman–Crippen MR) is 82.5 cm³/mol. The maximum absolute atomic E-state index is 12.4. The molecule has 0 aliphatic carbocycles. The maximum atomic E-state index is 12.4. The van der Waals surface area contributed by atoms with Gasteiger partial charge in [0.25, 0.3) is 5.56 Å². The van der Waals surface area contributed by atoms with Gasteiger partial charge in [-0.2, -0.15) is 5.10 Å². The van der Waals surface area contributed by atoms with E-state index < -0.39 is 0 Å². The molecule has 0 fully saturated rings. The van der Waals surface area contributed by atoms with E-state index >= 15 is 0 Å². The number of rotatable bonds is 3. The van der Waals surface area contributed by atoms with Crippen LogP contribution >= 0.6 is 0 Å². The van der Waals surface area contributed by atoms with Crippen molar-refractivity contribution in [3.63, 3.8) is 0 Å². The topological polar surface area (TPSA) is 70.1 Å². The zero-order chi connectivity index (χ0) is 14.8. The van der Waals surface area contributed by atoms with Gasteiger partial charge >= 0.3 is 0 Å². The number of methoxy groups -OCH3 is 1. The monoisotopic (exact) mass is 281 g/mol. The fourth-order valence-corrected chi connectivity index (χ4v) is 2.31. The molecule has 3 aromatic rings. The SMILES string of the molecule is COc1cc(N)cc(Cn2ncc3ccccc3c2=O)c1. The molecular weight excluding hydrogens is 266 g/mol. The molecule has 0 spiro atoms. The summed E-state index contributed by atoms with van der Waals surface area (Å²) in [5, 5.41) is 5.70. The first-order chi connectivity index (χ1) is 10.2. The smallest absolute Gasteiger partial charge is 0.274 e. The quantitative estimate of drug-likeness (QED) is 0.746. The first-order valence-electron chi connectivity index (χ1n) is 6.55. The number of nitrogens with zero attached hydrogens (tertiary/aromatic N) is 2. The molecule has 0 unspecified atom stereocenters. The summed E-state index contributed by atoms with van der Waals surface area (Å²) < 4.78 is 6.61. The van der Waals surface area contributed by atoms with Gasteiger partial charge < -0.3 is 10.5 Å². The number of anilines is 1. The van der Waals surface area contributed by atoms with Gasteiger partial charge in [-0.1, -0.05) is 18.2 Å². The molecule has 0 saturated heterocycles. The van der Waals surface area contributed by atoms with E-state index in [-0.39, 0.29) is 5.56 Å². The molecule has 0 aliphatic rings. The lowest BCUT2D eigenvalue weighted by molar-refractivity contribution is 0.414. The molecule has 0 saturated carbocycles. The van der Waals surface area contributed by atoms with Crippen molar-refractivity contribution in [2.75, 3.05) is 12.8 Å². The molecule has 106 valence electrons. The molecule has 5 nitrogen and oxygen atoms in total. The zero-order valence-corrected chi connectivity index (χ0v) is 11.6. The number of nitrogens with two attached hydrogens (primary N) is 1. The fraction of sp³-hybridized carbons (Fsp3) is 0.125. The molecule has 1 aromatic heterocycles. The van der Waals surface area contributed by atoms with Crippen LogP contribution in [0, 0.1) is 0 Å². The number of hydrogen-bond donors (Lipinski definition) is 1. The Hall–Kier alpha value is -2.82. The first kappa shape index (κ1) is 13.2. The summed E-state index contributed by atoms with van der Waals surface area (Å²) in [6.45, 7) is 0.352. The molecule has 2 N–H and O–H groups in total. The Labute approximate surface area is 121 Å². The highest BCUT2D eigenvalue weighted by molar-refractivity contribution is 5.80. The Morgan fingerprint density at radius 1 is 1.24 bits per heavy atom. The lowest BCUT2D eigenvalue weighted by Crippen LogP contribution is -2.23. The molecular formula is C16H15N3O2. The second kappa shape index (κ2) is 5.28. The van der Waals surface area contributed by atoms with Gasteiger partial charge in [0.05, 0.1) is 25.2 Å². The van der Waals surface area contributed by atoms with Crippen LogP contribution in [0.1, 0.15) is 5.56 Å². The third kappa shape index (κ3) is 2.58. The van der Waals surface area contributed by atoms with E-state index in [1.165, 1.54) is 4.68 Å². The average Bonchev–Trinajstić information content (AvgIpc) is 2.50. The highest BCUT2D eigenvalue weighted by Gasteiger charge is 2.06. The molecule has 5 heteroatoms. The summed E-state index contributed by atoms with van der Waals surface area (Å²) in [5.41, 5.74) is 7.18. The molecule has 2 aromatic carbocycles. The van der Waals surface area contributed by atoms with E-state index in [0.29, 0.717) is 23.4 Å². The van der Waals surface area contributed by atoms with Gasteiger partial charge in [-0.25, -0.2) is 4.68 Å². The van der Waals surface area contributed by atoms with Crippen LogP contribution in [-0.2, 0) is 6.54 Å². The van der Waals surface area contributed by atoms with Crippen LogP contribution in [0.5, 0.6) is 5.75 Å². The summed E-state index contributed by atoms with van der Waals surface area (Å²) in [6, 6.07) is 12.8. The van der Waals surface area contributed by atoms with Gasteiger partial charge in [-0.05, 0) is 23.8 Å². The van der Waals surface area contributed by atoms with Gasteiger partial charge in [0.1, 0.15) is 5.75 Å². The van der Waals surface area contributed by atoms with Crippen molar-refractivity contribution in [2.45, 2.75) is 6.54 Å². The first-order valence-corrected chi connectivity index (χ1v) is 6.55. The molecule has 0 radical (unpaired) electrons. The fourth-order valence-electron chi connectivity index (χ4n) is 2.31. The van der Waals surface area contributed by atoms with Crippen LogP contribution in [-0.4, -0.2) is 16.9 Å². The molecule has 0 aliphatic heterocycles. The second-order valence-corrected chi connectivity index (χ2v) is 4.81. The Morgan fingerprint density at radius 3 is 2.86 bits per heavy atom. The normalized spacial score (nSPS) is 10.7. The number of nitrogen functional groups attached to an aromatic ring is 1. The molecule has 1 heterocycles. The minimum absolute atomic E-state index is 0.116. The second-order valence-electron chi connectivity index (χ2n) is 4.81. The third-order valence-electron chi connectivity index (χ3n) is 3.32. The van der Waals surface area contributed by atoms with Crippen LogP contribution in [0.15, 0.2) is 53.5 Å². The summed E-state index contributed by atoms with van der Waals surface area (Å²) in [7, 11) is 1.58. The number of ether oxygens (including phenoxy) is 1. The summed E-state index contributed by atoms with van der Waals surface area (Å²) >= 11 is 0. The van der Waals surface area contributed by atoms with E-state index in [2.05, 4.69) is 5.10 Å². The van der Waals surface area contributed by atoms with Gasteiger partial charge in [0.15, 0.2) is 0 Å². The molecule has 3 rings (SSSR count). The van der Waals surface area contributed by atoms with Crippen molar-refractivity contribution in [1.82, 2.24) is 9.78 Å². The predicted octanol–water partition coefficient (Wildman–Crippen LogP) is 2.04. The lowest BCUT2D eigenvalue weighted by atomic mass is 10.1. The summed E-state index contributed by atoms with van der Waals surface area (Å²) in [5.74, 6) is 0.666. The maximum Gasteiger partial charge on any atom is 0.274 e. The minimum atomic E-state index is -0.116. The summed E-state index contributed by atoms with van der Waals surface area (Å²) in [4.78, 5) is 12.4. The van der Waals surface area contributed by atoms with Crippen molar-refractivity contribution in [3.8, 4) is 5.75 Å². The number of aromatic nitrogens is 2. The van der Waals surface area contributed by atoms with Crippen LogP contribution in [0.4, 0.5) is 5.69 Å². The number of fused-ring (bicyclic) bond motifs is 1. The highest BCUT2D eigenvalue weighted by Crippen LogP contribution is 2.19. The Bertz CT molecular complexity index is 856. The van der Waals surface area contributed by atoms with Crippen LogP contribution in [0.2, 0.25) is 0 Å². The molecule has 0 atom stereocenters. The van der Waals surface area contributed by atoms with Crippen molar-refractivity contribution < 1.29 is 4.74 Å². The van der Waals surface area contributed by atoms with E-state index in [1.807, 2.05) is 30.3 Å². The molecule has 21 heavy (non-hydrogen) atoms. The van der Waals surface area contributed by atoms with Gasteiger partial charge in [0.2, 0.25) is 0 Å². The van der Waals surface area contributed by atoms with Gasteiger partial charge in [-0.15, -0.1) is 0 Å². The van der Waals surface area contributed by atoms with Crippen LogP contribution in [0.25, 0.3) is 10.8 Å². The molecule has 0 bridgehead atoms. The Balaban J connectivity index is 2.04. The van der Waals surface area contributed by atoms with E-state index in [0.717, 1.165) is 10.9 Å². The highest BCUT2D eigenvalue weighted by atomic mass is 16.5. The molecule has 0 amide bonds. The summed E-state index contributed by atoms with van der Waals surface area (Å²) in [6.07, 6.45) is 1.69. The largest absolute Gasteiger partial charge is 0.497 e. The Kier molecular flexibility index (Phi) is 3.31. The van der Waals surface area contributed by atoms with E-state index in [9.17, 15) is 4.79 Å². The van der Waals surface area contributed by atoms with E-state index in [1.54, 1.807) is 25.4 Å². The van der Waals surface area contributed by atoms with Gasteiger partial charge in [-0.3, -0.25) is 4.79 Å². The van der Waals surface area contributed by atoms with Crippen LogP contribution < -0.4 is 16.0 Å². The van der Waals surface area contributed by atoms with Crippen molar-refractivity contribution in [2.24, 2.45) is 0 Å². The third-order valence-corrected chi connectivity index (χ3v) is 3.32. The zero-order valence-electron chi connectivity index (χ0n) is 11.6. The Morgan fingerprint density at radius 2 is 2.05 bits per heavy atom. The standard InChI is InChI=1S/C16H15N3O2/c1-21-14-7-11(6-13(17)8-14)10-19-16(20)15-5-3-2-4-12(15)9-18-19/h2-9H,10,17H2,1H3. The van der Waals surface area contributed by atoms with E-state index in [4.69, 9.17) is 10.5 Å². The van der Waals surface area contributed by atoms with Crippen molar-refractivity contribution in [1.29, 1.82) is 0 Å². The lowest BCUT2D eigenvalue weighted by Gasteiger charge is -2.09. The average molecular weight is 281 g/mol.